The maximum absolute atomic E-state index is 13.3. The number of anilines is 2. The third-order valence-electron chi connectivity index (χ3n) is 5.40. The maximum Gasteiger partial charge on any atom is 0.324 e. The Kier molecular flexibility index (Phi) is 6.26. The van der Waals surface area contributed by atoms with Gasteiger partial charge in [0.15, 0.2) is 0 Å². The highest BCUT2D eigenvalue weighted by Gasteiger charge is 2.29. The molecule has 0 bridgehead atoms. The molecule has 1 aliphatic rings. The Bertz CT molecular complexity index is 920. The summed E-state index contributed by atoms with van der Waals surface area (Å²) in [7, 11) is 0. The van der Waals surface area contributed by atoms with Crippen molar-refractivity contribution in [3.8, 4) is 0 Å². The lowest BCUT2D eigenvalue weighted by Gasteiger charge is -2.37. The lowest BCUT2D eigenvalue weighted by Crippen LogP contribution is -2.49. The van der Waals surface area contributed by atoms with E-state index in [1.54, 1.807) is 4.90 Å². The van der Waals surface area contributed by atoms with E-state index in [-0.39, 0.29) is 17.9 Å². The van der Waals surface area contributed by atoms with E-state index < -0.39 is 0 Å². The van der Waals surface area contributed by atoms with Crippen molar-refractivity contribution in [3.63, 3.8) is 0 Å². The van der Waals surface area contributed by atoms with Gasteiger partial charge in [-0.05, 0) is 56.0 Å². The number of carbonyl (C=O) groups is 2. The number of nitrogens with zero attached hydrogens (tertiary/aromatic N) is 2. The summed E-state index contributed by atoms with van der Waals surface area (Å²) in [4.78, 5) is 29.3. The average molecular weight is 394 g/mol. The number of hydrogen-bond donors (Lipinski definition) is 1. The lowest BCUT2D eigenvalue weighted by molar-refractivity contribution is -0.118. The topological polar surface area (TPSA) is 52.6 Å². The molecule has 0 unspecified atom stereocenters. The van der Waals surface area contributed by atoms with Crippen molar-refractivity contribution in [3.05, 3.63) is 58.7 Å². The predicted molar refractivity (Wildman–Crippen MR) is 118 cm³/mol. The summed E-state index contributed by atoms with van der Waals surface area (Å²) in [5.74, 6) is -0.172. The fraction of sp³-hybridized carbons (Fsp3) is 0.417. The van der Waals surface area contributed by atoms with Gasteiger partial charge in [-0.3, -0.25) is 9.69 Å². The van der Waals surface area contributed by atoms with Crippen LogP contribution in [-0.4, -0.2) is 29.9 Å². The van der Waals surface area contributed by atoms with Gasteiger partial charge in [-0.2, -0.15) is 0 Å². The van der Waals surface area contributed by atoms with E-state index in [0.29, 0.717) is 18.8 Å². The van der Waals surface area contributed by atoms with Crippen LogP contribution in [0.3, 0.4) is 0 Å². The van der Waals surface area contributed by atoms with Crippen LogP contribution in [0, 0.1) is 26.7 Å². The fourth-order valence-electron chi connectivity index (χ4n) is 3.59. The molecule has 1 heterocycles. The van der Waals surface area contributed by atoms with Gasteiger partial charge in [0.05, 0.1) is 11.4 Å². The third-order valence-corrected chi connectivity index (χ3v) is 5.40. The van der Waals surface area contributed by atoms with Crippen molar-refractivity contribution >= 4 is 23.3 Å². The van der Waals surface area contributed by atoms with E-state index in [1.165, 1.54) is 16.7 Å². The van der Waals surface area contributed by atoms with Crippen LogP contribution in [-0.2, 0) is 11.3 Å². The van der Waals surface area contributed by atoms with Crippen LogP contribution in [0.5, 0.6) is 0 Å². The Balaban J connectivity index is 1.87. The predicted octanol–water partition coefficient (Wildman–Crippen LogP) is 5.04. The van der Waals surface area contributed by atoms with Gasteiger partial charge in [0.2, 0.25) is 5.91 Å². The van der Waals surface area contributed by atoms with E-state index >= 15 is 0 Å². The monoisotopic (exact) mass is 393 g/mol. The third kappa shape index (κ3) is 4.78. The molecule has 2 aromatic carbocycles. The van der Waals surface area contributed by atoms with Gasteiger partial charge in [0.25, 0.3) is 0 Å². The molecule has 3 rings (SSSR count). The highest BCUT2D eigenvalue weighted by atomic mass is 16.2. The average Bonchev–Trinajstić information content (AvgIpc) is 2.67. The second-order valence-electron chi connectivity index (χ2n) is 8.30. The zero-order valence-electron chi connectivity index (χ0n) is 18.1. The highest BCUT2D eigenvalue weighted by molar-refractivity contribution is 6.01. The maximum atomic E-state index is 13.3. The molecule has 5 nitrogen and oxygen atoms in total. The fourth-order valence-corrected chi connectivity index (χ4v) is 3.59. The summed E-state index contributed by atoms with van der Waals surface area (Å²) in [5, 5.41) is 3.00. The molecule has 3 amide bonds. The van der Waals surface area contributed by atoms with E-state index in [1.807, 2.05) is 43.9 Å². The lowest BCUT2D eigenvalue weighted by atomic mass is 10.0. The molecule has 0 aromatic heterocycles. The molecule has 0 saturated carbocycles. The second kappa shape index (κ2) is 8.68. The molecule has 1 fully saturated rings. The molecular formula is C24H31N3O2. The van der Waals surface area contributed by atoms with Gasteiger partial charge in [-0.1, -0.05) is 43.7 Å². The van der Waals surface area contributed by atoms with Crippen molar-refractivity contribution in [1.82, 2.24) is 4.90 Å². The summed E-state index contributed by atoms with van der Waals surface area (Å²) < 4.78 is 0. The van der Waals surface area contributed by atoms with E-state index in [2.05, 4.69) is 37.4 Å². The van der Waals surface area contributed by atoms with E-state index in [4.69, 9.17) is 0 Å². The largest absolute Gasteiger partial charge is 0.324 e. The van der Waals surface area contributed by atoms with Crippen molar-refractivity contribution < 1.29 is 9.59 Å². The van der Waals surface area contributed by atoms with Crippen molar-refractivity contribution in [2.45, 2.75) is 47.6 Å². The molecule has 5 heteroatoms. The van der Waals surface area contributed by atoms with Crippen LogP contribution < -0.4 is 10.2 Å². The van der Waals surface area contributed by atoms with Crippen LogP contribution in [0.2, 0.25) is 0 Å². The summed E-state index contributed by atoms with van der Waals surface area (Å²) in [6.07, 6.45) is 0.891. The molecular weight excluding hydrogens is 362 g/mol. The van der Waals surface area contributed by atoms with Crippen LogP contribution in [0.25, 0.3) is 0 Å². The van der Waals surface area contributed by atoms with E-state index in [9.17, 15) is 9.59 Å². The Morgan fingerprint density at radius 2 is 1.72 bits per heavy atom. The minimum absolute atomic E-state index is 0.0129. The number of aryl methyl sites for hydroxylation is 3. The Morgan fingerprint density at radius 3 is 2.45 bits per heavy atom. The number of amides is 3. The molecule has 2 aromatic rings. The highest BCUT2D eigenvalue weighted by Crippen LogP contribution is 2.31. The summed E-state index contributed by atoms with van der Waals surface area (Å²) in [6, 6.07) is 12.2. The molecule has 29 heavy (non-hydrogen) atoms. The Labute approximate surface area is 173 Å². The SMILES string of the molecule is Cc1ccc(C)c(CN2CCCN(c3ccc(C)cc3NC(=O)C(C)C)C2=O)c1. The van der Waals surface area contributed by atoms with Gasteiger partial charge < -0.3 is 10.2 Å². The van der Waals surface area contributed by atoms with Gasteiger partial charge in [0.1, 0.15) is 0 Å². The zero-order chi connectivity index (χ0) is 21.1. The minimum Gasteiger partial charge on any atom is -0.324 e. The number of rotatable bonds is 5. The molecule has 1 N–H and O–H groups in total. The number of urea groups is 1. The van der Waals surface area contributed by atoms with Gasteiger partial charge >= 0.3 is 6.03 Å². The second-order valence-corrected chi connectivity index (χ2v) is 8.30. The number of carbonyl (C=O) groups excluding carboxylic acids is 2. The van der Waals surface area contributed by atoms with Crippen LogP contribution in [0.1, 0.15) is 42.5 Å². The first kappa shape index (κ1) is 20.9. The molecule has 0 atom stereocenters. The van der Waals surface area contributed by atoms with Crippen molar-refractivity contribution in [2.24, 2.45) is 5.92 Å². The molecule has 0 radical (unpaired) electrons. The Hall–Kier alpha value is -2.82. The van der Waals surface area contributed by atoms with Crippen LogP contribution in [0.4, 0.5) is 16.2 Å². The standard InChI is InChI=1S/C24H31N3O2/c1-16(2)23(28)25-21-14-18(4)8-10-22(21)27-12-6-11-26(24(27)29)15-20-13-17(3)7-9-19(20)5/h7-10,13-14,16H,6,11-12,15H2,1-5H3,(H,25,28). The van der Waals surface area contributed by atoms with Gasteiger partial charge in [0, 0.05) is 25.6 Å². The molecule has 1 saturated heterocycles. The number of hydrogen-bond acceptors (Lipinski definition) is 2. The normalized spacial score (nSPS) is 14.5. The van der Waals surface area contributed by atoms with Crippen LogP contribution in [0.15, 0.2) is 36.4 Å². The molecule has 154 valence electrons. The Morgan fingerprint density at radius 1 is 1.03 bits per heavy atom. The minimum atomic E-state index is -0.124. The zero-order valence-corrected chi connectivity index (χ0v) is 18.1. The first-order chi connectivity index (χ1) is 13.8. The molecule has 1 aliphatic heterocycles. The van der Waals surface area contributed by atoms with Gasteiger partial charge in [-0.15, -0.1) is 0 Å². The van der Waals surface area contributed by atoms with Gasteiger partial charge in [-0.25, -0.2) is 4.79 Å². The summed E-state index contributed by atoms with van der Waals surface area (Å²) in [5.41, 5.74) is 6.08. The van der Waals surface area contributed by atoms with E-state index in [0.717, 1.165) is 24.2 Å². The number of benzene rings is 2. The summed E-state index contributed by atoms with van der Waals surface area (Å²) in [6.45, 7) is 11.9. The molecule has 0 aliphatic carbocycles. The summed E-state index contributed by atoms with van der Waals surface area (Å²) >= 11 is 0. The number of nitrogens with one attached hydrogen (secondary N) is 1. The smallest absolute Gasteiger partial charge is 0.324 e. The van der Waals surface area contributed by atoms with Crippen molar-refractivity contribution in [1.29, 1.82) is 0 Å². The first-order valence-corrected chi connectivity index (χ1v) is 10.3. The van der Waals surface area contributed by atoms with Crippen LogP contribution >= 0.6 is 0 Å². The molecule has 0 spiro atoms. The quantitative estimate of drug-likeness (QED) is 0.774. The van der Waals surface area contributed by atoms with Crippen molar-refractivity contribution in [2.75, 3.05) is 23.3 Å². The first-order valence-electron chi connectivity index (χ1n) is 10.3.